The number of furan rings is 1. The first-order chi connectivity index (χ1) is 18.6. The number of rotatable bonds is 7. The first-order valence-electron chi connectivity index (χ1n) is 12.7. The van der Waals surface area contributed by atoms with Gasteiger partial charge in [0, 0.05) is 29.6 Å². The molecule has 192 valence electrons. The summed E-state index contributed by atoms with van der Waals surface area (Å²) >= 11 is 5.81. The number of hydrogen-bond acceptors (Lipinski definition) is 6. The average Bonchev–Trinajstić information content (AvgIpc) is 3.70. The molecule has 0 radical (unpaired) electrons. The summed E-state index contributed by atoms with van der Waals surface area (Å²) in [6, 6.07) is 23.3. The SMILES string of the molecule is O=[N+]([O-])c1cccc(-c2ccc([C@@H]3[C@@H](c4ccccn4)NC(=S)N3c3ccc(OC4CCCC4)cc3)o2)c1. The highest BCUT2D eigenvalue weighted by Gasteiger charge is 2.42. The zero-order chi connectivity index (χ0) is 26.1. The van der Waals surface area contributed by atoms with Gasteiger partial charge in [0.1, 0.15) is 23.3 Å². The Morgan fingerprint density at radius 3 is 2.58 bits per heavy atom. The highest BCUT2D eigenvalue weighted by Crippen LogP contribution is 2.43. The van der Waals surface area contributed by atoms with Crippen LogP contribution < -0.4 is 15.0 Å². The summed E-state index contributed by atoms with van der Waals surface area (Å²) < 4.78 is 12.5. The third-order valence-corrected chi connectivity index (χ3v) is 7.39. The standard InChI is InChI=1S/C29H26N4O4S/c34-33(35)21-7-5-6-19(18-21)25-15-16-26(37-25)28-27(24-10-3-4-17-30-24)31-29(38)32(28)20-11-13-23(14-12-20)36-22-8-1-2-9-22/h3-7,10-18,22,27-28H,1-2,8-9H2,(H,31,38)/t27-,28-/m1/s1. The molecular weight excluding hydrogens is 500 g/mol. The molecule has 38 heavy (non-hydrogen) atoms. The van der Waals surface area contributed by atoms with E-state index in [0.717, 1.165) is 30.0 Å². The molecule has 1 aliphatic carbocycles. The summed E-state index contributed by atoms with van der Waals surface area (Å²) in [5.74, 6) is 2.06. The monoisotopic (exact) mass is 526 g/mol. The maximum Gasteiger partial charge on any atom is 0.270 e. The molecular formula is C29H26N4O4S. The molecule has 2 fully saturated rings. The molecule has 2 atom stereocenters. The molecule has 0 amide bonds. The molecule has 0 spiro atoms. The highest BCUT2D eigenvalue weighted by atomic mass is 32.1. The first kappa shape index (κ1) is 24.1. The third kappa shape index (κ3) is 4.72. The Bertz CT molecular complexity index is 1450. The van der Waals surface area contributed by atoms with Crippen LogP contribution in [0.5, 0.6) is 5.75 Å². The number of hydrogen-bond donors (Lipinski definition) is 1. The molecule has 1 aliphatic heterocycles. The summed E-state index contributed by atoms with van der Waals surface area (Å²) in [4.78, 5) is 17.5. The van der Waals surface area contributed by atoms with Crippen LogP contribution in [0, 0.1) is 10.1 Å². The van der Waals surface area contributed by atoms with E-state index >= 15 is 0 Å². The average molecular weight is 527 g/mol. The maximum absolute atomic E-state index is 11.3. The second-order valence-electron chi connectivity index (χ2n) is 9.52. The van der Waals surface area contributed by atoms with Crippen LogP contribution in [-0.4, -0.2) is 21.1 Å². The van der Waals surface area contributed by atoms with Crippen LogP contribution in [0.2, 0.25) is 0 Å². The summed E-state index contributed by atoms with van der Waals surface area (Å²) in [6.45, 7) is 0. The molecule has 2 aromatic carbocycles. The number of nitrogens with zero attached hydrogens (tertiary/aromatic N) is 3. The van der Waals surface area contributed by atoms with Crippen LogP contribution in [0.1, 0.15) is 49.2 Å². The summed E-state index contributed by atoms with van der Waals surface area (Å²) in [5, 5.41) is 15.3. The topological polar surface area (TPSA) is 93.7 Å². The number of thiocarbonyl (C=S) groups is 1. The van der Waals surface area contributed by atoms with Crippen LogP contribution in [0.15, 0.2) is 89.5 Å². The molecule has 0 unspecified atom stereocenters. The number of non-ortho nitro benzene ring substituents is 1. The Labute approximate surface area is 225 Å². The van der Waals surface area contributed by atoms with Crippen LogP contribution >= 0.6 is 12.2 Å². The minimum absolute atomic E-state index is 0.0112. The van der Waals surface area contributed by atoms with Crippen molar-refractivity contribution in [2.45, 2.75) is 43.9 Å². The quantitative estimate of drug-likeness (QED) is 0.161. The Morgan fingerprint density at radius 1 is 1.03 bits per heavy atom. The highest BCUT2D eigenvalue weighted by molar-refractivity contribution is 7.80. The van der Waals surface area contributed by atoms with E-state index in [1.807, 2.05) is 59.5 Å². The van der Waals surface area contributed by atoms with E-state index in [2.05, 4.69) is 10.3 Å². The molecule has 1 N–H and O–H groups in total. The fourth-order valence-corrected chi connectivity index (χ4v) is 5.59. The van der Waals surface area contributed by atoms with Crippen LogP contribution in [0.3, 0.4) is 0 Å². The van der Waals surface area contributed by atoms with Gasteiger partial charge in [-0.3, -0.25) is 15.1 Å². The van der Waals surface area contributed by atoms with Crippen molar-refractivity contribution in [3.8, 4) is 17.1 Å². The van der Waals surface area contributed by atoms with Gasteiger partial charge in [0.25, 0.3) is 5.69 Å². The predicted octanol–water partition coefficient (Wildman–Crippen LogP) is 6.75. The van der Waals surface area contributed by atoms with E-state index < -0.39 is 4.92 Å². The molecule has 4 aromatic rings. The van der Waals surface area contributed by atoms with Gasteiger partial charge in [-0.15, -0.1) is 0 Å². The number of benzene rings is 2. The van der Waals surface area contributed by atoms with Gasteiger partial charge >= 0.3 is 0 Å². The van der Waals surface area contributed by atoms with E-state index in [1.165, 1.54) is 25.0 Å². The zero-order valence-electron chi connectivity index (χ0n) is 20.5. The van der Waals surface area contributed by atoms with Crippen molar-refractivity contribution in [2.75, 3.05) is 4.90 Å². The zero-order valence-corrected chi connectivity index (χ0v) is 21.3. The largest absolute Gasteiger partial charge is 0.490 e. The molecule has 8 nitrogen and oxygen atoms in total. The second kappa shape index (κ2) is 10.3. The van der Waals surface area contributed by atoms with Crippen LogP contribution in [-0.2, 0) is 0 Å². The number of anilines is 1. The Balaban J connectivity index is 1.35. The Kier molecular flexibility index (Phi) is 6.51. The van der Waals surface area contributed by atoms with Gasteiger partial charge in [0.15, 0.2) is 5.11 Å². The van der Waals surface area contributed by atoms with Gasteiger partial charge < -0.3 is 19.4 Å². The number of pyridine rings is 1. The van der Waals surface area contributed by atoms with Gasteiger partial charge in [-0.05, 0) is 86.4 Å². The number of aromatic nitrogens is 1. The Hall–Kier alpha value is -4.24. The number of ether oxygens (including phenoxy) is 1. The van der Waals surface area contributed by atoms with Crippen molar-refractivity contribution in [1.29, 1.82) is 0 Å². The lowest BCUT2D eigenvalue weighted by molar-refractivity contribution is -0.384. The lowest BCUT2D eigenvalue weighted by atomic mass is 10.0. The molecule has 9 heteroatoms. The number of nitro groups is 1. The van der Waals surface area contributed by atoms with Crippen LogP contribution in [0.4, 0.5) is 11.4 Å². The minimum atomic E-state index is -0.411. The lowest BCUT2D eigenvalue weighted by Gasteiger charge is -2.26. The summed E-state index contributed by atoms with van der Waals surface area (Å²) in [6.07, 6.45) is 6.67. The van der Waals surface area contributed by atoms with Gasteiger partial charge in [-0.2, -0.15) is 0 Å². The van der Waals surface area contributed by atoms with Gasteiger partial charge in [0.2, 0.25) is 0 Å². The number of nitrogens with one attached hydrogen (secondary N) is 1. The van der Waals surface area contributed by atoms with E-state index in [4.69, 9.17) is 21.4 Å². The van der Waals surface area contributed by atoms with Crippen molar-refractivity contribution in [1.82, 2.24) is 10.3 Å². The van der Waals surface area contributed by atoms with E-state index in [9.17, 15) is 10.1 Å². The second-order valence-corrected chi connectivity index (χ2v) is 9.91. The van der Waals surface area contributed by atoms with Crippen molar-refractivity contribution in [3.05, 3.63) is 107 Å². The molecule has 6 rings (SSSR count). The van der Waals surface area contributed by atoms with Crippen LogP contribution in [0.25, 0.3) is 11.3 Å². The van der Waals surface area contributed by atoms with Crippen molar-refractivity contribution in [3.63, 3.8) is 0 Å². The first-order valence-corrected chi connectivity index (χ1v) is 13.1. The fourth-order valence-electron chi connectivity index (χ4n) is 5.25. The summed E-state index contributed by atoms with van der Waals surface area (Å²) in [7, 11) is 0. The molecule has 1 saturated carbocycles. The molecule has 0 bridgehead atoms. The predicted molar refractivity (Wildman–Crippen MR) is 148 cm³/mol. The molecule has 3 heterocycles. The smallest absolute Gasteiger partial charge is 0.270 e. The molecule has 1 saturated heterocycles. The minimum Gasteiger partial charge on any atom is -0.490 e. The third-order valence-electron chi connectivity index (χ3n) is 7.08. The van der Waals surface area contributed by atoms with Crippen molar-refractivity contribution >= 4 is 28.7 Å². The summed E-state index contributed by atoms with van der Waals surface area (Å²) in [5.41, 5.74) is 2.38. The lowest BCUT2D eigenvalue weighted by Crippen LogP contribution is -2.29. The van der Waals surface area contributed by atoms with E-state index in [0.29, 0.717) is 22.2 Å². The van der Waals surface area contributed by atoms with E-state index in [1.54, 1.807) is 18.3 Å². The normalized spacial score (nSPS) is 19.5. The molecule has 2 aliphatic rings. The van der Waals surface area contributed by atoms with Crippen molar-refractivity contribution in [2.24, 2.45) is 0 Å². The van der Waals surface area contributed by atoms with Gasteiger partial charge in [0.05, 0.1) is 22.8 Å². The van der Waals surface area contributed by atoms with Gasteiger partial charge in [-0.1, -0.05) is 18.2 Å². The maximum atomic E-state index is 11.3. The van der Waals surface area contributed by atoms with Crippen molar-refractivity contribution < 1.29 is 14.1 Å². The Morgan fingerprint density at radius 2 is 1.84 bits per heavy atom. The fraction of sp³-hybridized carbons (Fsp3) is 0.241. The van der Waals surface area contributed by atoms with Gasteiger partial charge in [-0.25, -0.2) is 0 Å². The number of nitro benzene ring substituents is 1. The molecule has 2 aromatic heterocycles. The van der Waals surface area contributed by atoms with E-state index in [-0.39, 0.29) is 23.9 Å².